The van der Waals surface area contributed by atoms with Crippen LogP contribution in [0.15, 0.2) is 60.0 Å². The summed E-state index contributed by atoms with van der Waals surface area (Å²) < 4.78 is 42.9. The van der Waals surface area contributed by atoms with Crippen LogP contribution in [0.4, 0.5) is 13.2 Å². The van der Waals surface area contributed by atoms with Crippen molar-refractivity contribution in [2.75, 3.05) is 13.7 Å². The van der Waals surface area contributed by atoms with Crippen LogP contribution in [-0.4, -0.2) is 35.4 Å². The molecule has 0 saturated heterocycles. The second-order valence-corrected chi connectivity index (χ2v) is 7.88. The lowest BCUT2D eigenvalue weighted by Crippen LogP contribution is -2.34. The number of hydrogen-bond acceptors (Lipinski definition) is 5. The molecule has 0 radical (unpaired) electrons. The molecule has 168 valence electrons. The molecule has 0 spiro atoms. The number of ether oxygens (including phenoxy) is 1. The Morgan fingerprint density at radius 1 is 1.06 bits per heavy atom. The van der Waals surface area contributed by atoms with E-state index in [9.17, 15) is 22.8 Å². The third-order valence-corrected chi connectivity index (χ3v) is 5.67. The van der Waals surface area contributed by atoms with Crippen LogP contribution in [0.1, 0.15) is 23.2 Å². The highest BCUT2D eigenvalue weighted by Gasteiger charge is 2.30. The van der Waals surface area contributed by atoms with E-state index in [1.54, 1.807) is 10.3 Å². The highest BCUT2D eigenvalue weighted by Crippen LogP contribution is 2.31. The molecule has 0 aliphatic carbocycles. The van der Waals surface area contributed by atoms with Gasteiger partial charge in [0.05, 0.1) is 31.2 Å². The maximum atomic E-state index is 12.9. The Hall–Kier alpha value is -3.20. The summed E-state index contributed by atoms with van der Waals surface area (Å²) in [5.74, 6) is -0.615. The molecule has 0 saturated carbocycles. The number of carbonyl (C=O) groups is 2. The smallest absolute Gasteiger partial charge is 0.416 e. The molecule has 0 aliphatic rings. The van der Waals surface area contributed by atoms with Crippen LogP contribution in [-0.2, 0) is 33.5 Å². The molecule has 0 aliphatic heterocycles. The number of nitrogens with zero attached hydrogens (tertiary/aromatic N) is 2. The molecule has 0 bridgehead atoms. The van der Waals surface area contributed by atoms with Crippen LogP contribution in [0.25, 0.3) is 10.6 Å². The van der Waals surface area contributed by atoms with Gasteiger partial charge in [-0.1, -0.05) is 42.5 Å². The number of esters is 1. The molecule has 0 fully saturated rings. The minimum absolute atomic E-state index is 0.0190. The molecule has 0 atom stereocenters. The summed E-state index contributed by atoms with van der Waals surface area (Å²) >= 11 is 1.26. The van der Waals surface area contributed by atoms with E-state index in [0.717, 1.165) is 17.7 Å². The van der Waals surface area contributed by atoms with Crippen LogP contribution in [0.5, 0.6) is 0 Å². The molecule has 5 nitrogen and oxygen atoms in total. The summed E-state index contributed by atoms with van der Waals surface area (Å²) in [7, 11) is 1.30. The number of thiazole rings is 1. The van der Waals surface area contributed by atoms with E-state index in [4.69, 9.17) is 0 Å². The van der Waals surface area contributed by atoms with E-state index < -0.39 is 17.7 Å². The van der Waals surface area contributed by atoms with Gasteiger partial charge < -0.3 is 9.64 Å². The van der Waals surface area contributed by atoms with E-state index in [2.05, 4.69) is 9.72 Å². The maximum absolute atomic E-state index is 12.9. The van der Waals surface area contributed by atoms with Crippen molar-refractivity contribution in [3.63, 3.8) is 0 Å². The topological polar surface area (TPSA) is 59.5 Å². The van der Waals surface area contributed by atoms with Crippen LogP contribution in [0.2, 0.25) is 0 Å². The maximum Gasteiger partial charge on any atom is 0.416 e. The summed E-state index contributed by atoms with van der Waals surface area (Å²) in [6, 6.07) is 14.2. The molecule has 32 heavy (non-hydrogen) atoms. The van der Waals surface area contributed by atoms with Crippen molar-refractivity contribution in [2.45, 2.75) is 25.6 Å². The van der Waals surface area contributed by atoms with Gasteiger partial charge in [-0.2, -0.15) is 13.2 Å². The number of alkyl halides is 3. The lowest BCUT2D eigenvalue weighted by molar-refractivity contribution is -0.142. The second kappa shape index (κ2) is 10.4. The lowest BCUT2D eigenvalue weighted by Gasteiger charge is -2.22. The van der Waals surface area contributed by atoms with Gasteiger partial charge in [0.1, 0.15) is 5.01 Å². The van der Waals surface area contributed by atoms with Crippen molar-refractivity contribution < 1.29 is 27.5 Å². The predicted octanol–water partition coefficient (Wildman–Crippen LogP) is 4.96. The Kier molecular flexibility index (Phi) is 7.63. The first-order chi connectivity index (χ1) is 15.3. The number of rotatable bonds is 8. The van der Waals surface area contributed by atoms with Gasteiger partial charge in [-0.05, 0) is 17.7 Å². The number of amides is 1. The van der Waals surface area contributed by atoms with Gasteiger partial charge in [0.15, 0.2) is 0 Å². The van der Waals surface area contributed by atoms with E-state index in [-0.39, 0.29) is 25.3 Å². The Morgan fingerprint density at radius 3 is 2.38 bits per heavy atom. The van der Waals surface area contributed by atoms with E-state index in [1.165, 1.54) is 30.6 Å². The molecule has 1 aromatic heterocycles. The van der Waals surface area contributed by atoms with Gasteiger partial charge in [0.25, 0.3) is 0 Å². The third-order valence-electron chi connectivity index (χ3n) is 4.73. The number of aromatic nitrogens is 1. The molecule has 1 heterocycles. The minimum Gasteiger partial charge on any atom is -0.469 e. The number of benzene rings is 2. The number of halogens is 3. The van der Waals surface area contributed by atoms with Crippen molar-refractivity contribution in [1.29, 1.82) is 0 Å². The number of hydrogen-bond donors (Lipinski definition) is 0. The summed E-state index contributed by atoms with van der Waals surface area (Å²) in [5.41, 5.74) is 1.27. The molecular weight excluding hydrogens is 441 g/mol. The molecule has 0 unspecified atom stereocenters. The normalized spacial score (nSPS) is 11.2. The fourth-order valence-corrected chi connectivity index (χ4v) is 3.84. The van der Waals surface area contributed by atoms with Gasteiger partial charge in [0.2, 0.25) is 5.91 Å². The standard InChI is InChI=1S/C23H21F3N2O3S/c1-31-21(30)11-12-28(14-16-5-3-2-4-6-16)20(29)13-19-15-32-22(27-19)17-7-9-18(10-8-17)23(24,25)26/h2-10,15H,11-14H2,1H3. The van der Waals surface area contributed by atoms with Crippen molar-refractivity contribution in [3.8, 4) is 10.6 Å². The zero-order valence-corrected chi connectivity index (χ0v) is 18.1. The minimum atomic E-state index is -4.40. The molecule has 0 N–H and O–H groups in total. The average molecular weight is 462 g/mol. The third kappa shape index (κ3) is 6.40. The molecule has 3 aromatic rings. The first kappa shape index (κ1) is 23.5. The van der Waals surface area contributed by atoms with E-state index >= 15 is 0 Å². The number of carbonyl (C=O) groups excluding carboxylic acids is 2. The largest absolute Gasteiger partial charge is 0.469 e. The Bertz CT molecular complexity index is 1050. The Balaban J connectivity index is 1.70. The highest BCUT2D eigenvalue weighted by molar-refractivity contribution is 7.13. The second-order valence-electron chi connectivity index (χ2n) is 7.02. The fraction of sp³-hybridized carbons (Fsp3) is 0.261. The Labute approximate surface area is 187 Å². The van der Waals surface area contributed by atoms with Gasteiger partial charge >= 0.3 is 12.1 Å². The van der Waals surface area contributed by atoms with Gasteiger partial charge in [-0.3, -0.25) is 9.59 Å². The quantitative estimate of drug-likeness (QED) is 0.444. The SMILES string of the molecule is COC(=O)CCN(Cc1ccccc1)C(=O)Cc1csc(-c2ccc(C(F)(F)F)cc2)n1. The summed E-state index contributed by atoms with van der Waals surface area (Å²) in [6.45, 7) is 0.545. The highest BCUT2D eigenvalue weighted by atomic mass is 32.1. The monoisotopic (exact) mass is 462 g/mol. The summed E-state index contributed by atoms with van der Waals surface area (Å²) in [6.07, 6.45) is -4.31. The predicted molar refractivity (Wildman–Crippen MR) is 115 cm³/mol. The van der Waals surface area contributed by atoms with Gasteiger partial charge in [0, 0.05) is 24.0 Å². The molecule has 2 aromatic carbocycles. The lowest BCUT2D eigenvalue weighted by atomic mass is 10.1. The van der Waals surface area contributed by atoms with Crippen LogP contribution < -0.4 is 0 Å². The van der Waals surface area contributed by atoms with Gasteiger partial charge in [-0.15, -0.1) is 11.3 Å². The van der Waals surface area contributed by atoms with Crippen LogP contribution in [0, 0.1) is 0 Å². The summed E-state index contributed by atoms with van der Waals surface area (Å²) in [4.78, 5) is 30.5. The molecule has 3 rings (SSSR count). The van der Waals surface area contributed by atoms with Crippen molar-refractivity contribution >= 4 is 23.2 Å². The van der Waals surface area contributed by atoms with Crippen molar-refractivity contribution in [2.24, 2.45) is 0 Å². The average Bonchev–Trinajstić information content (AvgIpc) is 3.25. The van der Waals surface area contributed by atoms with Gasteiger partial charge in [-0.25, -0.2) is 4.98 Å². The molecular formula is C23H21F3N2O3S. The zero-order valence-electron chi connectivity index (χ0n) is 17.3. The Morgan fingerprint density at radius 2 is 1.75 bits per heavy atom. The fourth-order valence-electron chi connectivity index (χ4n) is 3.01. The zero-order chi connectivity index (χ0) is 23.1. The number of methoxy groups -OCH3 is 1. The molecule has 9 heteroatoms. The van der Waals surface area contributed by atoms with Crippen molar-refractivity contribution in [3.05, 3.63) is 76.8 Å². The van der Waals surface area contributed by atoms with Crippen molar-refractivity contribution in [1.82, 2.24) is 9.88 Å². The summed E-state index contributed by atoms with van der Waals surface area (Å²) in [5, 5.41) is 2.25. The first-order valence-corrected chi connectivity index (χ1v) is 10.6. The molecule has 1 amide bonds. The van der Waals surface area contributed by atoms with E-state index in [0.29, 0.717) is 22.8 Å². The van der Waals surface area contributed by atoms with Crippen LogP contribution in [0.3, 0.4) is 0 Å². The first-order valence-electron chi connectivity index (χ1n) is 9.77. The van der Waals surface area contributed by atoms with E-state index in [1.807, 2.05) is 30.3 Å². The van der Waals surface area contributed by atoms with Crippen LogP contribution >= 0.6 is 11.3 Å².